The zero-order valence-electron chi connectivity index (χ0n) is 102. The fourth-order valence-electron chi connectivity index (χ4n) is 24.8. The molecule has 0 atom stereocenters. The quantitative estimate of drug-likeness (QED) is 0.0123. The molecule has 0 radical (unpaired) electrons. The van der Waals surface area contributed by atoms with Crippen molar-refractivity contribution in [3.8, 4) is 17.2 Å². The van der Waals surface area contributed by atoms with E-state index in [2.05, 4.69) is 400 Å². The van der Waals surface area contributed by atoms with Crippen LogP contribution >= 0.6 is 0 Å². The van der Waals surface area contributed by atoms with E-state index >= 15 is 0 Å². The number of piperidine rings is 4. The van der Waals surface area contributed by atoms with Crippen LogP contribution in [-0.4, -0.2) is 181 Å². The van der Waals surface area contributed by atoms with Crippen LogP contribution in [0.5, 0.6) is 17.2 Å². The highest BCUT2D eigenvalue weighted by Crippen LogP contribution is 2.49. The van der Waals surface area contributed by atoms with Crippen LogP contribution in [0, 0.1) is 23.2 Å². The second kappa shape index (κ2) is 50.7. The molecule has 0 amide bonds. The molecule has 22 heteroatoms. The molecule has 5 aliphatic rings. The lowest BCUT2D eigenvalue weighted by Crippen LogP contribution is -2.62. The second-order valence-electron chi connectivity index (χ2n) is 59.7. The lowest BCUT2D eigenvalue weighted by atomic mass is 9.64. The molecule has 0 unspecified atom stereocenters. The van der Waals surface area contributed by atoms with E-state index in [1.807, 2.05) is 6.92 Å². The minimum absolute atomic E-state index is 0.00394. The van der Waals surface area contributed by atoms with Gasteiger partial charge < -0.3 is 69.3 Å². The first kappa shape index (κ1) is 129. The normalized spacial score (nSPS) is 19.7. The number of nitrogens with zero attached hydrogens (tertiary/aromatic N) is 6. The number of aryl methyl sites for hydroxylation is 1. The fourth-order valence-corrected chi connectivity index (χ4v) is 24.8. The summed E-state index contributed by atoms with van der Waals surface area (Å²) in [5, 5.41) is 25.0. The van der Waals surface area contributed by atoms with E-state index in [4.69, 9.17) is 43.4 Å². The Labute approximate surface area is 897 Å². The van der Waals surface area contributed by atoms with Gasteiger partial charge in [0.05, 0.1) is 26.1 Å². The fraction of sp³-hybridized carbons (Fsp3) is 0.800. The van der Waals surface area contributed by atoms with E-state index in [1.165, 1.54) is 68.9 Å². The van der Waals surface area contributed by atoms with E-state index in [1.54, 1.807) is 0 Å². The molecule has 4 aliphatic heterocycles. The maximum atomic E-state index is 12.3. The Morgan fingerprint density at radius 2 is 0.769 bits per heavy atom. The molecule has 147 heavy (non-hydrogen) atoms. The summed E-state index contributed by atoms with van der Waals surface area (Å²) in [4.78, 5) is 69.4. The third-order valence-electron chi connectivity index (χ3n) is 29.7. The number of aliphatic hydroxyl groups is 1. The molecule has 22 nitrogen and oxygen atoms in total. The number of carbonyl (C=O) groups excluding carboxylic acids is 4. The van der Waals surface area contributed by atoms with Crippen LogP contribution in [0.25, 0.3) is 0 Å². The standard InChI is InChI=1S/C43H64O3.C37H72N8.C29H53NO4.C16H29NO5/c1-38(2,3)28-19-22-34(31(25-28)41(10,11)12)44-37(45-35-23-20-29(39(4,5)6)26-32(35)42(13,14)15)46-36-24-21-30(40(7,8)9)27-33(36)43(16,17)18;1-27-38-30(41-37(13,14)26-32(2,3)4)40-31(39-27)45(29-24-35(9,10)43-36(11,12)25-29)21-19-17-16-18-20-44(15)28-22-33(5,6)42-34(7,8)23-28;1-26(2)17-22(18-27(3,4)21-26)33-24(31)15-13-11-9-10-12-14-16-25(32)34-23-19-28(5,6)30-29(7,8)20-23;1-15(2)10-12(18)11-16(3,4)17(15)8-9-22-14(20)7-6-13(19)21-5/h19-27,37H,1-18H3;28-29,42-43H,16-26H2,1-15H3,(H,38,39,40,41);22-23,30H,9-21H2,1-8H3;12,18H,6-11H2,1-5H3. The molecule has 0 bridgehead atoms. The van der Waals surface area contributed by atoms with Crippen LogP contribution in [0.2, 0.25) is 0 Å². The van der Waals surface area contributed by atoms with Crippen LogP contribution in [0.3, 0.4) is 0 Å². The average Bonchev–Trinajstić information content (AvgIpc) is 0.769. The first-order valence-electron chi connectivity index (χ1n) is 56.5. The van der Waals surface area contributed by atoms with Crippen molar-refractivity contribution < 1.29 is 57.4 Å². The Morgan fingerprint density at radius 1 is 0.422 bits per heavy atom. The van der Waals surface area contributed by atoms with Gasteiger partial charge in [-0.3, -0.25) is 24.1 Å². The van der Waals surface area contributed by atoms with Crippen LogP contribution in [-0.2, 0) is 70.6 Å². The summed E-state index contributed by atoms with van der Waals surface area (Å²) in [6.45, 7) is 101. The Morgan fingerprint density at radius 3 is 1.14 bits per heavy atom. The maximum absolute atomic E-state index is 12.3. The summed E-state index contributed by atoms with van der Waals surface area (Å²) >= 11 is 0. The molecule has 0 spiro atoms. The van der Waals surface area contributed by atoms with Gasteiger partial charge >= 0.3 is 30.4 Å². The molecule has 1 saturated carbocycles. The van der Waals surface area contributed by atoms with Crippen molar-refractivity contribution in [1.82, 2.24) is 40.7 Å². The molecule has 3 aromatic carbocycles. The number of rotatable bonds is 36. The highest BCUT2D eigenvalue weighted by molar-refractivity contribution is 5.77. The van der Waals surface area contributed by atoms with E-state index in [9.17, 15) is 24.3 Å². The van der Waals surface area contributed by atoms with Gasteiger partial charge in [-0.2, -0.15) is 15.0 Å². The number of hydrogen-bond donors (Lipinski definition) is 5. The number of aromatic nitrogens is 3. The van der Waals surface area contributed by atoms with Crippen LogP contribution in [0.1, 0.15) is 504 Å². The van der Waals surface area contributed by atoms with Crippen molar-refractivity contribution in [2.75, 3.05) is 50.6 Å². The highest BCUT2D eigenvalue weighted by atomic mass is 16.8. The van der Waals surface area contributed by atoms with Crippen LogP contribution in [0.4, 0.5) is 11.9 Å². The van der Waals surface area contributed by atoms with Crippen molar-refractivity contribution in [3.63, 3.8) is 0 Å². The number of hydrogen-bond acceptors (Lipinski definition) is 22. The smallest absolute Gasteiger partial charge is 0.406 e. The molecule has 9 rings (SSSR count). The molecular formula is C125H218N10O12. The second-order valence-corrected chi connectivity index (χ2v) is 59.7. The molecule has 4 saturated heterocycles. The number of likely N-dealkylation sites (tertiary alicyclic amines) is 1. The van der Waals surface area contributed by atoms with E-state index in [0.29, 0.717) is 50.3 Å². The topological polar surface area (TPSA) is 250 Å². The summed E-state index contributed by atoms with van der Waals surface area (Å²) in [5.41, 5.74) is 7.42. The number of esters is 4. The van der Waals surface area contributed by atoms with Gasteiger partial charge in [0.15, 0.2) is 0 Å². The first-order valence-corrected chi connectivity index (χ1v) is 56.5. The zero-order chi connectivity index (χ0) is 112. The van der Waals surface area contributed by atoms with Crippen molar-refractivity contribution in [2.24, 2.45) is 16.2 Å². The number of nitrogens with one attached hydrogen (secondary N) is 4. The number of benzene rings is 3. The highest BCUT2D eigenvalue weighted by Gasteiger charge is 2.48. The molecule has 1 aliphatic carbocycles. The number of ether oxygens (including phenoxy) is 7. The summed E-state index contributed by atoms with van der Waals surface area (Å²) in [5.74, 6) is 3.68. The number of aliphatic hydroxyl groups excluding tert-OH is 1. The minimum Gasteiger partial charge on any atom is -0.469 e. The molecular weight excluding hydrogens is 1830 g/mol. The summed E-state index contributed by atoms with van der Waals surface area (Å²) in [6, 6.07) is 20.6. The van der Waals surface area contributed by atoms with Crippen LogP contribution in [0.15, 0.2) is 54.6 Å². The van der Waals surface area contributed by atoms with Gasteiger partial charge in [-0.25, -0.2) is 0 Å². The van der Waals surface area contributed by atoms with Crippen molar-refractivity contribution >= 4 is 35.8 Å². The Kier molecular flexibility index (Phi) is 44.5. The Hall–Kier alpha value is -6.69. The van der Waals surface area contributed by atoms with Crippen molar-refractivity contribution in [1.29, 1.82) is 0 Å². The Bertz CT molecular complexity index is 4510. The monoisotopic (exact) mass is 2050 g/mol. The first-order chi connectivity index (χ1) is 66.6. The molecule has 840 valence electrons. The summed E-state index contributed by atoms with van der Waals surface area (Å²) in [6.07, 6.45) is 23.6. The van der Waals surface area contributed by atoms with E-state index < -0.39 is 18.4 Å². The van der Waals surface area contributed by atoms with Gasteiger partial charge in [0, 0.05) is 117 Å². The molecule has 1 aromatic heterocycles. The zero-order valence-corrected chi connectivity index (χ0v) is 102. The Balaban J connectivity index is 0.000000309. The third kappa shape index (κ3) is 44.7. The van der Waals surface area contributed by atoms with Gasteiger partial charge in [-0.15, -0.1) is 0 Å². The number of methoxy groups -OCH3 is 1. The molecule has 4 aromatic rings. The molecule has 5 heterocycles. The summed E-state index contributed by atoms with van der Waals surface area (Å²) < 4.78 is 41.8. The molecule has 5 N–H and O–H groups in total. The summed E-state index contributed by atoms with van der Waals surface area (Å²) in [7, 11) is 3.63. The van der Waals surface area contributed by atoms with Crippen molar-refractivity contribution in [2.45, 2.75) is 591 Å². The minimum atomic E-state index is -1.02. The van der Waals surface area contributed by atoms with E-state index in [-0.39, 0.29) is 148 Å². The van der Waals surface area contributed by atoms with Gasteiger partial charge in [-0.1, -0.05) is 248 Å². The van der Waals surface area contributed by atoms with Gasteiger partial charge in [-0.05, 0) is 319 Å². The SMILES string of the molecule is CC(C)(C)c1ccc(OC(Oc2ccc(C(C)(C)C)cc2C(C)(C)C)Oc2ccc(C(C)(C)C)cc2C(C)(C)C)c(C(C)(C)C)c1.CC1(C)CC(OC(=O)CCCCCCCCC(=O)OC2CC(C)(C)NC(C)(C)C2)CC(C)(C)C1.COC(=O)CCC(=O)OCCN1C(C)(C)CC(O)CC1(C)C.Cc1nc(NC(C)(C)CC(C)(C)C)nc(N(CCCCCCN(C)C2CC(C)(C)NC(C)(C)C2)C2CC(C)(C)NC(C)(C)C2)n1. The van der Waals surface area contributed by atoms with Gasteiger partial charge in [0.25, 0.3) is 0 Å². The maximum Gasteiger partial charge on any atom is 0.406 e. The molecule has 5 fully saturated rings. The van der Waals surface area contributed by atoms with Gasteiger partial charge in [0.2, 0.25) is 11.9 Å². The number of carbonyl (C=O) groups is 4. The predicted molar refractivity (Wildman–Crippen MR) is 612 cm³/mol. The predicted octanol–water partition coefficient (Wildman–Crippen LogP) is 28.6. The third-order valence-corrected chi connectivity index (χ3v) is 29.7. The largest absolute Gasteiger partial charge is 0.469 e. The van der Waals surface area contributed by atoms with Crippen LogP contribution < -0.4 is 40.4 Å². The van der Waals surface area contributed by atoms with Crippen molar-refractivity contribution in [3.05, 3.63) is 93.8 Å². The number of unbranched alkanes of at least 4 members (excludes halogenated alkanes) is 8. The van der Waals surface area contributed by atoms with E-state index in [0.717, 1.165) is 142 Å². The van der Waals surface area contributed by atoms with Gasteiger partial charge in [0.1, 0.15) is 41.9 Å². The lowest BCUT2D eigenvalue weighted by Gasteiger charge is -2.54. The number of anilines is 2. The lowest BCUT2D eigenvalue weighted by molar-refractivity contribution is -0.156. The average molecular weight is 2050 g/mol.